The zero-order valence-electron chi connectivity index (χ0n) is 12.5. The van der Waals surface area contributed by atoms with Gasteiger partial charge in [0.15, 0.2) is 0 Å². The van der Waals surface area contributed by atoms with Crippen LogP contribution in [0.4, 0.5) is 5.82 Å². The van der Waals surface area contributed by atoms with Gasteiger partial charge in [-0.2, -0.15) is 0 Å². The van der Waals surface area contributed by atoms with Crippen molar-refractivity contribution in [3.05, 3.63) is 47.5 Å². The predicted molar refractivity (Wildman–Crippen MR) is 79.5 cm³/mol. The Bertz CT molecular complexity index is 679. The molecule has 0 aliphatic carbocycles. The zero-order valence-corrected chi connectivity index (χ0v) is 12.5. The number of pyridine rings is 1. The molecule has 22 heavy (non-hydrogen) atoms. The monoisotopic (exact) mass is 302 g/mol. The van der Waals surface area contributed by atoms with Crippen LogP contribution in [-0.4, -0.2) is 22.7 Å². The number of nitrogens with one attached hydrogen (secondary N) is 1. The number of rotatable bonds is 5. The highest BCUT2D eigenvalue weighted by Gasteiger charge is 2.40. The van der Waals surface area contributed by atoms with Crippen molar-refractivity contribution in [2.75, 3.05) is 11.9 Å². The standard InChI is InChI=1S/C16H18N2O4/c1-16(2)10-5-7-17-14(13(10)15(20)22-16)18-11(6-8-19)12-4-3-9-21-12/h3-5,7,9,11,19H,6,8H2,1-2H3,(H,17,18). The van der Waals surface area contributed by atoms with E-state index < -0.39 is 11.6 Å². The molecule has 0 fully saturated rings. The van der Waals surface area contributed by atoms with Crippen LogP contribution in [0.1, 0.15) is 48.0 Å². The van der Waals surface area contributed by atoms with E-state index in [1.165, 1.54) is 0 Å². The number of aliphatic hydroxyl groups is 1. The highest BCUT2D eigenvalue weighted by atomic mass is 16.6. The smallest absolute Gasteiger partial charge is 0.343 e. The molecular formula is C16H18N2O4. The van der Waals surface area contributed by atoms with E-state index in [9.17, 15) is 9.90 Å². The Labute approximate surface area is 128 Å². The summed E-state index contributed by atoms with van der Waals surface area (Å²) >= 11 is 0. The second-order valence-corrected chi connectivity index (χ2v) is 5.71. The van der Waals surface area contributed by atoms with Gasteiger partial charge in [0.25, 0.3) is 0 Å². The summed E-state index contributed by atoms with van der Waals surface area (Å²) in [5, 5.41) is 12.4. The van der Waals surface area contributed by atoms with Crippen LogP contribution < -0.4 is 5.32 Å². The number of esters is 1. The van der Waals surface area contributed by atoms with Gasteiger partial charge in [-0.1, -0.05) is 0 Å². The summed E-state index contributed by atoms with van der Waals surface area (Å²) in [6, 6.07) is 5.12. The van der Waals surface area contributed by atoms with Gasteiger partial charge in [0.2, 0.25) is 0 Å². The van der Waals surface area contributed by atoms with Crippen LogP contribution in [0.3, 0.4) is 0 Å². The van der Waals surface area contributed by atoms with Crippen LogP contribution in [-0.2, 0) is 10.3 Å². The van der Waals surface area contributed by atoms with Crippen molar-refractivity contribution >= 4 is 11.8 Å². The second-order valence-electron chi connectivity index (χ2n) is 5.71. The van der Waals surface area contributed by atoms with Gasteiger partial charge in [-0.25, -0.2) is 9.78 Å². The molecule has 0 radical (unpaired) electrons. The lowest BCUT2D eigenvalue weighted by Gasteiger charge is -2.19. The molecule has 2 aromatic rings. The summed E-state index contributed by atoms with van der Waals surface area (Å²) in [5.41, 5.74) is 0.586. The number of fused-ring (bicyclic) bond motifs is 1. The number of aliphatic hydroxyl groups excluding tert-OH is 1. The number of furan rings is 1. The predicted octanol–water partition coefficient (Wildman–Crippen LogP) is 2.62. The molecule has 0 amide bonds. The summed E-state index contributed by atoms with van der Waals surface area (Å²) in [6.45, 7) is 3.68. The third-order valence-corrected chi connectivity index (χ3v) is 3.77. The van der Waals surface area contributed by atoms with Crippen molar-refractivity contribution < 1.29 is 19.1 Å². The first-order valence-electron chi connectivity index (χ1n) is 7.16. The Morgan fingerprint density at radius 1 is 1.41 bits per heavy atom. The number of nitrogens with zero attached hydrogens (tertiary/aromatic N) is 1. The molecule has 0 bridgehead atoms. The van der Waals surface area contributed by atoms with Gasteiger partial charge in [0, 0.05) is 18.4 Å². The van der Waals surface area contributed by atoms with Crippen molar-refractivity contribution in [1.29, 1.82) is 0 Å². The molecule has 116 valence electrons. The maximum Gasteiger partial charge on any atom is 0.343 e. The first kappa shape index (κ1) is 14.6. The van der Waals surface area contributed by atoms with Gasteiger partial charge in [-0.05, 0) is 38.5 Å². The fourth-order valence-corrected chi connectivity index (χ4v) is 2.69. The Morgan fingerprint density at radius 2 is 2.23 bits per heavy atom. The van der Waals surface area contributed by atoms with Gasteiger partial charge in [0.05, 0.1) is 12.3 Å². The molecule has 0 saturated carbocycles. The third kappa shape index (κ3) is 2.46. The summed E-state index contributed by atoms with van der Waals surface area (Å²) in [6.07, 6.45) is 3.65. The van der Waals surface area contributed by atoms with Gasteiger partial charge >= 0.3 is 5.97 Å². The lowest BCUT2D eigenvalue weighted by molar-refractivity contribution is 0.00958. The van der Waals surface area contributed by atoms with Crippen molar-refractivity contribution in [2.45, 2.75) is 31.9 Å². The lowest BCUT2D eigenvalue weighted by atomic mass is 9.97. The molecular weight excluding hydrogens is 284 g/mol. The summed E-state index contributed by atoms with van der Waals surface area (Å²) < 4.78 is 10.8. The topological polar surface area (TPSA) is 84.6 Å². The third-order valence-electron chi connectivity index (χ3n) is 3.77. The Hall–Kier alpha value is -2.34. The zero-order chi connectivity index (χ0) is 15.7. The number of carbonyl (C=O) groups excluding carboxylic acids is 1. The van der Waals surface area contributed by atoms with E-state index in [2.05, 4.69) is 10.3 Å². The fraction of sp³-hybridized carbons (Fsp3) is 0.375. The van der Waals surface area contributed by atoms with Gasteiger partial charge in [-0.3, -0.25) is 0 Å². The summed E-state index contributed by atoms with van der Waals surface area (Å²) in [7, 11) is 0. The number of anilines is 1. The molecule has 6 nitrogen and oxygen atoms in total. The minimum atomic E-state index is -0.664. The molecule has 1 unspecified atom stereocenters. The van der Waals surface area contributed by atoms with Gasteiger partial charge in [0.1, 0.15) is 22.7 Å². The van der Waals surface area contributed by atoms with Crippen LogP contribution in [0, 0.1) is 0 Å². The van der Waals surface area contributed by atoms with E-state index in [0.29, 0.717) is 23.6 Å². The molecule has 0 spiro atoms. The molecule has 0 aromatic carbocycles. The molecule has 2 aromatic heterocycles. The molecule has 6 heteroatoms. The van der Waals surface area contributed by atoms with Gasteiger partial charge in [-0.15, -0.1) is 0 Å². The average Bonchev–Trinajstić information content (AvgIpc) is 3.06. The van der Waals surface area contributed by atoms with Crippen molar-refractivity contribution in [1.82, 2.24) is 4.98 Å². The normalized spacial score (nSPS) is 17.0. The van der Waals surface area contributed by atoms with E-state index >= 15 is 0 Å². The van der Waals surface area contributed by atoms with Crippen LogP contribution >= 0.6 is 0 Å². The van der Waals surface area contributed by atoms with Gasteiger partial charge < -0.3 is 19.6 Å². The number of carbonyl (C=O) groups is 1. The largest absolute Gasteiger partial charge is 0.467 e. The SMILES string of the molecule is CC1(C)OC(=O)c2c1ccnc2NC(CCO)c1ccco1. The number of hydrogen-bond acceptors (Lipinski definition) is 6. The van der Waals surface area contributed by atoms with Crippen molar-refractivity contribution in [3.63, 3.8) is 0 Å². The number of aromatic nitrogens is 1. The number of ether oxygens (including phenoxy) is 1. The Morgan fingerprint density at radius 3 is 2.91 bits per heavy atom. The minimum Gasteiger partial charge on any atom is -0.467 e. The Kier molecular flexibility index (Phi) is 3.62. The molecule has 0 saturated heterocycles. The van der Waals surface area contributed by atoms with E-state index in [0.717, 1.165) is 5.56 Å². The van der Waals surface area contributed by atoms with Crippen molar-refractivity contribution in [2.24, 2.45) is 0 Å². The number of cyclic esters (lactones) is 1. The summed E-state index contributed by atoms with van der Waals surface area (Å²) in [4.78, 5) is 16.4. The lowest BCUT2D eigenvalue weighted by Crippen LogP contribution is -2.16. The van der Waals surface area contributed by atoms with Crippen LogP contribution in [0.5, 0.6) is 0 Å². The first-order valence-corrected chi connectivity index (χ1v) is 7.16. The van der Waals surface area contributed by atoms with Crippen LogP contribution in [0.15, 0.2) is 35.1 Å². The molecule has 3 rings (SSSR count). The quantitative estimate of drug-likeness (QED) is 0.826. The van der Waals surface area contributed by atoms with Crippen LogP contribution in [0.25, 0.3) is 0 Å². The first-order chi connectivity index (χ1) is 10.5. The van der Waals surface area contributed by atoms with Crippen molar-refractivity contribution in [3.8, 4) is 0 Å². The Balaban J connectivity index is 1.96. The van der Waals surface area contributed by atoms with E-state index in [1.54, 1.807) is 24.6 Å². The highest BCUT2D eigenvalue weighted by molar-refractivity contribution is 5.99. The minimum absolute atomic E-state index is 0.0106. The molecule has 3 heterocycles. The molecule has 2 N–H and O–H groups in total. The highest BCUT2D eigenvalue weighted by Crippen LogP contribution is 2.39. The van der Waals surface area contributed by atoms with Crippen LogP contribution in [0.2, 0.25) is 0 Å². The van der Waals surface area contributed by atoms with E-state index in [-0.39, 0.29) is 12.6 Å². The maximum absolute atomic E-state index is 12.2. The van der Waals surface area contributed by atoms with E-state index in [1.807, 2.05) is 19.9 Å². The average molecular weight is 302 g/mol. The molecule has 1 aliphatic heterocycles. The molecule has 1 atom stereocenters. The summed E-state index contributed by atoms with van der Waals surface area (Å²) in [5.74, 6) is 0.736. The second kappa shape index (κ2) is 5.46. The van der Waals surface area contributed by atoms with E-state index in [4.69, 9.17) is 9.15 Å². The molecule has 1 aliphatic rings. The maximum atomic E-state index is 12.2. The number of hydrogen-bond donors (Lipinski definition) is 2. The fourth-order valence-electron chi connectivity index (χ4n) is 2.69.